The predicted molar refractivity (Wildman–Crippen MR) is 147 cm³/mol. The molecule has 1 saturated heterocycles. The summed E-state index contributed by atoms with van der Waals surface area (Å²) < 4.78 is 42.2. The second kappa shape index (κ2) is 14.4. The number of rotatable bonds is 16. The van der Waals surface area contributed by atoms with Gasteiger partial charge in [-0.2, -0.15) is 18.4 Å². The highest BCUT2D eigenvalue weighted by Crippen LogP contribution is 2.37. The highest BCUT2D eigenvalue weighted by atomic mass is 19.4. The Morgan fingerprint density at radius 1 is 1.02 bits per heavy atom. The minimum atomic E-state index is -4.81. The van der Waals surface area contributed by atoms with Crippen LogP contribution in [0.1, 0.15) is 88.5 Å². The molecule has 2 heterocycles. The third-order valence-electron chi connectivity index (χ3n) is 7.43. The number of nitrogens with zero attached hydrogens (tertiary/aromatic N) is 6. The number of ketones is 1. The fourth-order valence-corrected chi connectivity index (χ4v) is 4.96. The van der Waals surface area contributed by atoms with E-state index in [1.807, 2.05) is 6.20 Å². The van der Waals surface area contributed by atoms with Crippen LogP contribution in [0.2, 0.25) is 0 Å². The number of unbranched alkanes of at least 4 members (excludes halogenated alkanes) is 6. The largest absolute Gasteiger partial charge is 0.417 e. The standard InChI is InChI=1S/C29H37F3N6O4/c1-28(2)26(41)38(23-14-13-21(18-33)25(17-23)29(30,31)32)27(42)37(28)16-10-8-11-22-19-36(35-34-22)15-9-6-4-3-5-7-12-24(40)20-39/h13-14,17,19,39H,3-12,15-16,20H2,1-2H3. The van der Waals surface area contributed by atoms with Gasteiger partial charge in [-0.05, 0) is 64.2 Å². The van der Waals surface area contributed by atoms with Gasteiger partial charge in [0.15, 0.2) is 5.78 Å². The second-order valence-electron chi connectivity index (χ2n) is 11.0. The van der Waals surface area contributed by atoms with Crippen LogP contribution in [0.3, 0.4) is 0 Å². The summed E-state index contributed by atoms with van der Waals surface area (Å²) in [5, 5.41) is 26.1. The van der Waals surface area contributed by atoms with Crippen molar-refractivity contribution in [2.45, 2.75) is 96.3 Å². The number of alkyl halides is 3. The molecule has 0 radical (unpaired) electrons. The Labute approximate surface area is 243 Å². The number of aliphatic hydroxyl groups excluding tert-OH is 1. The maximum Gasteiger partial charge on any atom is 0.417 e. The molecule has 0 spiro atoms. The molecule has 3 amide bonds. The lowest BCUT2D eigenvalue weighted by molar-refractivity contribution is -0.137. The Balaban J connectivity index is 1.45. The molecule has 1 fully saturated rings. The van der Waals surface area contributed by atoms with Crippen LogP contribution in [-0.4, -0.2) is 61.4 Å². The van der Waals surface area contributed by atoms with Crippen molar-refractivity contribution in [3.8, 4) is 6.07 Å². The van der Waals surface area contributed by atoms with E-state index in [0.29, 0.717) is 31.7 Å². The molecule has 10 nitrogen and oxygen atoms in total. The van der Waals surface area contributed by atoms with E-state index in [1.165, 1.54) is 17.0 Å². The minimum absolute atomic E-state index is 0.113. The van der Waals surface area contributed by atoms with Crippen LogP contribution >= 0.6 is 0 Å². The number of aryl methyl sites for hydroxylation is 2. The number of imide groups is 1. The second-order valence-corrected chi connectivity index (χ2v) is 11.0. The smallest absolute Gasteiger partial charge is 0.389 e. The molecule has 1 aromatic carbocycles. The Kier molecular flexibility index (Phi) is 11.2. The third kappa shape index (κ3) is 8.15. The zero-order valence-electron chi connectivity index (χ0n) is 24.0. The topological polar surface area (TPSA) is 132 Å². The molecule has 1 aliphatic rings. The van der Waals surface area contributed by atoms with Gasteiger partial charge in [0.2, 0.25) is 0 Å². The SMILES string of the molecule is CC1(C)C(=O)N(c2ccc(C#N)c(C(F)(F)F)c2)C(=O)N1CCCCc1cn(CCCCCCCCC(=O)CO)nn1. The van der Waals surface area contributed by atoms with Crippen LogP contribution in [0.25, 0.3) is 0 Å². The van der Waals surface area contributed by atoms with Crippen LogP contribution in [-0.2, 0) is 28.7 Å². The normalized spacial score (nSPS) is 15.0. The number of carbonyl (C=O) groups is 3. The van der Waals surface area contributed by atoms with Gasteiger partial charge in [0, 0.05) is 25.7 Å². The fourth-order valence-electron chi connectivity index (χ4n) is 4.96. The van der Waals surface area contributed by atoms with E-state index in [-0.39, 0.29) is 24.6 Å². The Morgan fingerprint density at radius 2 is 1.69 bits per heavy atom. The summed E-state index contributed by atoms with van der Waals surface area (Å²) in [6.45, 7) is 3.72. The Morgan fingerprint density at radius 3 is 2.36 bits per heavy atom. The quantitative estimate of drug-likeness (QED) is 0.214. The summed E-state index contributed by atoms with van der Waals surface area (Å²) in [7, 11) is 0. The highest BCUT2D eigenvalue weighted by molar-refractivity contribution is 6.23. The number of aromatic nitrogens is 3. The number of aliphatic hydroxyl groups is 1. The van der Waals surface area contributed by atoms with E-state index >= 15 is 0 Å². The molecule has 0 unspecified atom stereocenters. The van der Waals surface area contributed by atoms with Crippen molar-refractivity contribution < 1.29 is 32.7 Å². The number of halogens is 3. The molecule has 13 heteroatoms. The van der Waals surface area contributed by atoms with Crippen molar-refractivity contribution >= 4 is 23.4 Å². The van der Waals surface area contributed by atoms with Crippen molar-refractivity contribution in [1.82, 2.24) is 19.9 Å². The minimum Gasteiger partial charge on any atom is -0.389 e. The molecule has 2 aromatic rings. The summed E-state index contributed by atoms with van der Waals surface area (Å²) in [4.78, 5) is 39.5. The van der Waals surface area contributed by atoms with E-state index in [2.05, 4.69) is 10.3 Å². The summed E-state index contributed by atoms with van der Waals surface area (Å²) in [5.41, 5.74) is -2.44. The highest BCUT2D eigenvalue weighted by Gasteiger charge is 2.51. The molecular formula is C29H37F3N6O4. The molecule has 1 aliphatic heterocycles. The Hall–Kier alpha value is -3.79. The monoisotopic (exact) mass is 590 g/mol. The van der Waals surface area contributed by atoms with Gasteiger partial charge in [-0.15, -0.1) is 5.10 Å². The number of amides is 3. The first-order chi connectivity index (χ1) is 19.9. The summed E-state index contributed by atoms with van der Waals surface area (Å²) >= 11 is 0. The maximum atomic E-state index is 13.5. The lowest BCUT2D eigenvalue weighted by Gasteiger charge is -2.27. The number of Topliss-reactive ketones (excluding diaryl/α,β-unsaturated/α-hetero) is 1. The van der Waals surface area contributed by atoms with Crippen molar-refractivity contribution in [2.24, 2.45) is 0 Å². The predicted octanol–water partition coefficient (Wildman–Crippen LogP) is 5.03. The van der Waals surface area contributed by atoms with E-state index in [4.69, 9.17) is 10.4 Å². The molecule has 228 valence electrons. The van der Waals surface area contributed by atoms with Crippen LogP contribution < -0.4 is 4.90 Å². The zero-order chi connectivity index (χ0) is 30.9. The molecule has 42 heavy (non-hydrogen) atoms. The first-order valence-corrected chi connectivity index (χ1v) is 14.2. The molecule has 1 aromatic heterocycles. The summed E-state index contributed by atoms with van der Waals surface area (Å²) in [6, 6.07) is 3.61. The van der Waals surface area contributed by atoms with Gasteiger partial charge in [-0.3, -0.25) is 14.3 Å². The number of nitriles is 1. The van der Waals surface area contributed by atoms with Crippen molar-refractivity contribution in [1.29, 1.82) is 5.26 Å². The molecular weight excluding hydrogens is 553 g/mol. The van der Waals surface area contributed by atoms with Gasteiger partial charge in [-0.1, -0.05) is 30.9 Å². The van der Waals surface area contributed by atoms with Crippen LogP contribution in [0.5, 0.6) is 0 Å². The van der Waals surface area contributed by atoms with Gasteiger partial charge in [0.05, 0.1) is 28.6 Å². The molecule has 0 bridgehead atoms. The van der Waals surface area contributed by atoms with E-state index < -0.39 is 34.8 Å². The first kappa shape index (κ1) is 32.7. The van der Waals surface area contributed by atoms with Gasteiger partial charge >= 0.3 is 12.2 Å². The fraction of sp³-hybridized carbons (Fsp3) is 0.586. The number of hydrogen-bond acceptors (Lipinski definition) is 7. The van der Waals surface area contributed by atoms with Crippen LogP contribution in [0, 0.1) is 11.3 Å². The summed E-state index contributed by atoms with van der Waals surface area (Å²) in [6.07, 6.45) is 5.24. The lowest BCUT2D eigenvalue weighted by Crippen LogP contribution is -2.44. The average Bonchev–Trinajstić information content (AvgIpc) is 3.46. The zero-order valence-corrected chi connectivity index (χ0v) is 24.0. The number of carbonyl (C=O) groups excluding carboxylic acids is 3. The number of urea groups is 1. The molecule has 3 rings (SSSR count). The molecule has 1 N–H and O–H groups in total. The summed E-state index contributed by atoms with van der Waals surface area (Å²) in [5.74, 6) is -0.747. The lowest BCUT2D eigenvalue weighted by atomic mass is 10.0. The molecule has 0 saturated carbocycles. The van der Waals surface area contributed by atoms with Gasteiger partial charge in [0.1, 0.15) is 12.1 Å². The van der Waals surface area contributed by atoms with Gasteiger partial charge < -0.3 is 10.0 Å². The van der Waals surface area contributed by atoms with E-state index in [9.17, 15) is 27.6 Å². The molecule has 0 aliphatic carbocycles. The third-order valence-corrected chi connectivity index (χ3v) is 7.43. The Bertz CT molecular complexity index is 1300. The van der Waals surface area contributed by atoms with Crippen LogP contribution in [0.4, 0.5) is 23.7 Å². The first-order valence-electron chi connectivity index (χ1n) is 14.2. The van der Waals surface area contributed by atoms with Gasteiger partial charge in [0.25, 0.3) is 5.91 Å². The molecule has 0 atom stereocenters. The number of hydrogen-bond donors (Lipinski definition) is 1. The maximum absolute atomic E-state index is 13.5. The van der Waals surface area contributed by atoms with Crippen molar-refractivity contribution in [3.63, 3.8) is 0 Å². The van der Waals surface area contributed by atoms with Crippen LogP contribution in [0.15, 0.2) is 24.4 Å². The number of benzene rings is 1. The number of anilines is 1. The van der Waals surface area contributed by atoms with Crippen molar-refractivity contribution in [3.05, 3.63) is 41.2 Å². The van der Waals surface area contributed by atoms with Gasteiger partial charge in [-0.25, -0.2) is 9.69 Å². The van der Waals surface area contributed by atoms with E-state index in [1.54, 1.807) is 18.5 Å². The average molecular weight is 591 g/mol. The van der Waals surface area contributed by atoms with Crippen molar-refractivity contribution in [2.75, 3.05) is 18.1 Å². The van der Waals surface area contributed by atoms with E-state index in [0.717, 1.165) is 61.7 Å².